The molecule has 0 saturated heterocycles. The molecule has 5 nitrogen and oxygen atoms in total. The van der Waals surface area contributed by atoms with E-state index in [-0.39, 0.29) is 16.4 Å². The van der Waals surface area contributed by atoms with Crippen LogP contribution in [-0.2, 0) is 10.0 Å². The van der Waals surface area contributed by atoms with Crippen LogP contribution in [0.2, 0.25) is 0 Å². The number of rotatable bonds is 6. The maximum absolute atomic E-state index is 12.5. The second-order valence-electron chi connectivity index (χ2n) is 5.32. The predicted octanol–water partition coefficient (Wildman–Crippen LogP) is 2.36. The van der Waals surface area contributed by atoms with Crippen LogP contribution in [0, 0.1) is 0 Å². The zero-order chi connectivity index (χ0) is 17.0. The number of aromatic carboxylic acids is 1. The number of anilines is 1. The summed E-state index contributed by atoms with van der Waals surface area (Å²) in [7, 11) is -3.87. The van der Waals surface area contributed by atoms with Crippen molar-refractivity contribution in [2.24, 2.45) is 0 Å². The first-order valence-corrected chi connectivity index (χ1v) is 8.76. The smallest absolute Gasteiger partial charge is 0.261 e. The molecule has 1 atom stereocenters. The summed E-state index contributed by atoms with van der Waals surface area (Å²) >= 11 is 0. The third-order valence-corrected chi connectivity index (χ3v) is 5.09. The summed E-state index contributed by atoms with van der Waals surface area (Å²) in [6.45, 7) is 4.04. The SMILES string of the molecule is CC[C@H](C)c1ccccc1NS(=O)(=O)c1cccc(C(=O)[O-])c1. The van der Waals surface area contributed by atoms with E-state index in [2.05, 4.69) is 4.72 Å². The van der Waals surface area contributed by atoms with Gasteiger partial charge in [0.25, 0.3) is 10.0 Å². The zero-order valence-electron chi connectivity index (χ0n) is 12.9. The van der Waals surface area contributed by atoms with Gasteiger partial charge in [-0.15, -0.1) is 0 Å². The van der Waals surface area contributed by atoms with Gasteiger partial charge in [0.1, 0.15) is 0 Å². The van der Waals surface area contributed by atoms with Crippen LogP contribution in [0.4, 0.5) is 5.69 Å². The number of para-hydroxylation sites is 1. The maximum Gasteiger partial charge on any atom is 0.261 e. The highest BCUT2D eigenvalue weighted by molar-refractivity contribution is 7.92. The standard InChI is InChI=1S/C17H19NO4S/c1-3-12(2)15-9-4-5-10-16(15)18-23(21,22)14-8-6-7-13(11-14)17(19)20/h4-12,18H,3H2,1-2H3,(H,19,20)/p-1/t12-/m0/s1. The van der Waals surface area contributed by atoms with E-state index in [1.54, 1.807) is 12.1 Å². The molecule has 6 heteroatoms. The van der Waals surface area contributed by atoms with Crippen LogP contribution < -0.4 is 9.83 Å². The molecule has 0 spiro atoms. The van der Waals surface area contributed by atoms with E-state index in [0.29, 0.717) is 5.69 Å². The summed E-state index contributed by atoms with van der Waals surface area (Å²) in [5.74, 6) is -1.22. The molecule has 0 radical (unpaired) electrons. The van der Waals surface area contributed by atoms with E-state index in [1.165, 1.54) is 18.2 Å². The first-order valence-electron chi connectivity index (χ1n) is 7.28. The number of hydrogen-bond acceptors (Lipinski definition) is 4. The lowest BCUT2D eigenvalue weighted by Crippen LogP contribution is -2.23. The van der Waals surface area contributed by atoms with Crippen molar-refractivity contribution in [1.29, 1.82) is 0 Å². The summed E-state index contributed by atoms with van der Waals surface area (Å²) in [5.41, 5.74) is 1.22. The second kappa shape index (κ2) is 6.83. The van der Waals surface area contributed by atoms with E-state index in [4.69, 9.17) is 0 Å². The fraction of sp³-hybridized carbons (Fsp3) is 0.235. The lowest BCUT2D eigenvalue weighted by Gasteiger charge is -2.17. The minimum absolute atomic E-state index is 0.113. The summed E-state index contributed by atoms with van der Waals surface area (Å²) in [6.07, 6.45) is 0.874. The summed E-state index contributed by atoms with van der Waals surface area (Å²) < 4.78 is 27.6. The second-order valence-corrected chi connectivity index (χ2v) is 7.00. The van der Waals surface area contributed by atoms with Crippen molar-refractivity contribution in [2.45, 2.75) is 31.1 Å². The molecule has 0 aliphatic heterocycles. The van der Waals surface area contributed by atoms with Gasteiger partial charge in [0.2, 0.25) is 0 Å². The van der Waals surface area contributed by atoms with Gasteiger partial charge in [0, 0.05) is 0 Å². The van der Waals surface area contributed by atoms with E-state index in [0.717, 1.165) is 18.1 Å². The molecule has 0 heterocycles. The maximum atomic E-state index is 12.5. The van der Waals surface area contributed by atoms with E-state index in [9.17, 15) is 18.3 Å². The van der Waals surface area contributed by atoms with Crippen LogP contribution in [0.5, 0.6) is 0 Å². The number of nitrogens with one attached hydrogen (secondary N) is 1. The van der Waals surface area contributed by atoms with Gasteiger partial charge in [-0.1, -0.05) is 44.2 Å². The molecule has 2 aromatic carbocycles. The average Bonchev–Trinajstić information content (AvgIpc) is 2.54. The lowest BCUT2D eigenvalue weighted by molar-refractivity contribution is -0.255. The summed E-state index contributed by atoms with van der Waals surface area (Å²) in [5, 5.41) is 10.9. The van der Waals surface area contributed by atoms with Crippen molar-refractivity contribution in [2.75, 3.05) is 4.72 Å². The minimum Gasteiger partial charge on any atom is -0.545 e. The molecular weight excluding hydrogens is 314 g/mol. The minimum atomic E-state index is -3.87. The number of hydrogen-bond donors (Lipinski definition) is 1. The molecule has 0 unspecified atom stereocenters. The quantitative estimate of drug-likeness (QED) is 0.880. The van der Waals surface area contributed by atoms with E-state index >= 15 is 0 Å². The van der Waals surface area contributed by atoms with Crippen LogP contribution in [0.1, 0.15) is 42.1 Å². The van der Waals surface area contributed by atoms with Gasteiger partial charge in [0.05, 0.1) is 16.6 Å². The average molecular weight is 332 g/mol. The van der Waals surface area contributed by atoms with Gasteiger partial charge in [-0.25, -0.2) is 8.42 Å². The molecule has 0 aliphatic carbocycles. The monoisotopic (exact) mass is 332 g/mol. The van der Waals surface area contributed by atoms with Crippen molar-refractivity contribution in [3.63, 3.8) is 0 Å². The normalized spacial score (nSPS) is 12.6. The van der Waals surface area contributed by atoms with Gasteiger partial charge in [-0.05, 0) is 41.7 Å². The van der Waals surface area contributed by atoms with Crippen LogP contribution in [0.15, 0.2) is 53.4 Å². The Balaban J connectivity index is 2.40. The Kier molecular flexibility index (Phi) is 5.05. The van der Waals surface area contributed by atoms with Crippen LogP contribution in [0.3, 0.4) is 0 Å². The third kappa shape index (κ3) is 3.90. The molecule has 1 N–H and O–H groups in total. The van der Waals surface area contributed by atoms with Gasteiger partial charge >= 0.3 is 0 Å². The molecule has 0 aliphatic rings. The molecule has 0 aromatic heterocycles. The van der Waals surface area contributed by atoms with Gasteiger partial charge in [-0.2, -0.15) is 0 Å². The number of carboxylic acids is 1. The lowest BCUT2D eigenvalue weighted by atomic mass is 9.97. The number of carboxylic acid groups (broad SMARTS) is 1. The Hall–Kier alpha value is -2.34. The molecule has 2 rings (SSSR count). The molecule has 0 fully saturated rings. The fourth-order valence-electron chi connectivity index (χ4n) is 2.23. The van der Waals surface area contributed by atoms with Crippen molar-refractivity contribution in [3.05, 3.63) is 59.7 Å². The van der Waals surface area contributed by atoms with Gasteiger partial charge in [0.15, 0.2) is 0 Å². The Morgan fingerprint density at radius 1 is 1.17 bits per heavy atom. The van der Waals surface area contributed by atoms with Crippen molar-refractivity contribution in [3.8, 4) is 0 Å². The summed E-state index contributed by atoms with van der Waals surface area (Å²) in [4.78, 5) is 10.8. The van der Waals surface area contributed by atoms with E-state index < -0.39 is 16.0 Å². The van der Waals surface area contributed by atoms with Gasteiger partial charge in [-0.3, -0.25) is 4.72 Å². The van der Waals surface area contributed by atoms with Crippen molar-refractivity contribution in [1.82, 2.24) is 0 Å². The van der Waals surface area contributed by atoms with Crippen LogP contribution in [0.25, 0.3) is 0 Å². The van der Waals surface area contributed by atoms with Crippen LogP contribution >= 0.6 is 0 Å². The number of carbonyl (C=O) groups is 1. The van der Waals surface area contributed by atoms with Crippen molar-refractivity contribution < 1.29 is 18.3 Å². The first kappa shape index (κ1) is 17.0. The highest BCUT2D eigenvalue weighted by atomic mass is 32.2. The Morgan fingerprint density at radius 2 is 1.87 bits per heavy atom. The predicted molar refractivity (Wildman–Crippen MR) is 86.7 cm³/mol. The summed E-state index contributed by atoms with van der Waals surface area (Å²) in [6, 6.07) is 12.3. The Morgan fingerprint density at radius 3 is 2.52 bits per heavy atom. The highest BCUT2D eigenvalue weighted by Gasteiger charge is 2.18. The molecule has 122 valence electrons. The number of carbonyl (C=O) groups excluding carboxylic acids is 1. The zero-order valence-corrected chi connectivity index (χ0v) is 13.8. The number of benzene rings is 2. The molecule has 2 aromatic rings. The number of sulfonamides is 1. The molecule has 0 bridgehead atoms. The topological polar surface area (TPSA) is 86.3 Å². The molecule has 0 saturated carbocycles. The van der Waals surface area contributed by atoms with Crippen molar-refractivity contribution >= 4 is 21.7 Å². The van der Waals surface area contributed by atoms with Crippen LogP contribution in [-0.4, -0.2) is 14.4 Å². The molecular formula is C17H18NO4S-. The van der Waals surface area contributed by atoms with Gasteiger partial charge < -0.3 is 9.90 Å². The largest absolute Gasteiger partial charge is 0.545 e. The van der Waals surface area contributed by atoms with E-state index in [1.807, 2.05) is 26.0 Å². The Labute approximate surface area is 136 Å². The first-order chi connectivity index (χ1) is 10.8. The molecule has 23 heavy (non-hydrogen) atoms. The fourth-order valence-corrected chi connectivity index (χ4v) is 3.37. The molecule has 0 amide bonds. The highest BCUT2D eigenvalue weighted by Crippen LogP contribution is 2.28. The Bertz CT molecular complexity index is 815. The third-order valence-electron chi connectivity index (χ3n) is 3.73.